The first kappa shape index (κ1) is 16.8. The summed E-state index contributed by atoms with van der Waals surface area (Å²) in [5, 5.41) is 3.53. The highest BCUT2D eigenvalue weighted by Gasteiger charge is 2.37. The number of hydrogen-bond donors (Lipinski definition) is 1. The van der Waals surface area contributed by atoms with Crippen LogP contribution in [0.4, 0.5) is 5.82 Å². The van der Waals surface area contributed by atoms with Crippen molar-refractivity contribution < 1.29 is 0 Å². The van der Waals surface area contributed by atoms with E-state index in [9.17, 15) is 4.79 Å². The molecular weight excluding hydrogens is 336 g/mol. The molecule has 0 aromatic carbocycles. The predicted molar refractivity (Wildman–Crippen MR) is 109 cm³/mol. The molecule has 1 spiro atoms. The normalized spacial score (nSPS) is 20.4. The first-order valence-electron chi connectivity index (χ1n) is 9.96. The molecular formula is C22H26N4O. The van der Waals surface area contributed by atoms with E-state index in [-0.39, 0.29) is 5.56 Å². The monoisotopic (exact) mass is 362 g/mol. The van der Waals surface area contributed by atoms with Gasteiger partial charge in [-0.05, 0) is 55.3 Å². The number of pyridine rings is 2. The molecule has 5 rings (SSSR count). The molecule has 5 nitrogen and oxygen atoms in total. The van der Waals surface area contributed by atoms with Gasteiger partial charge >= 0.3 is 0 Å². The van der Waals surface area contributed by atoms with E-state index in [4.69, 9.17) is 4.98 Å². The van der Waals surface area contributed by atoms with Gasteiger partial charge in [-0.1, -0.05) is 12.2 Å². The highest BCUT2D eigenvalue weighted by molar-refractivity contribution is 5.78. The molecule has 2 aliphatic heterocycles. The van der Waals surface area contributed by atoms with Gasteiger partial charge in [-0.25, -0.2) is 4.98 Å². The van der Waals surface area contributed by atoms with Crippen LogP contribution in [-0.2, 0) is 13.5 Å². The van der Waals surface area contributed by atoms with Crippen molar-refractivity contribution in [2.24, 2.45) is 12.5 Å². The minimum Gasteiger partial charge on any atom is -0.357 e. The molecule has 4 heterocycles. The molecule has 0 atom stereocenters. The summed E-state index contributed by atoms with van der Waals surface area (Å²) in [4.78, 5) is 19.5. The van der Waals surface area contributed by atoms with E-state index in [0.717, 1.165) is 47.6 Å². The molecule has 0 bridgehead atoms. The zero-order valence-corrected chi connectivity index (χ0v) is 15.9. The summed E-state index contributed by atoms with van der Waals surface area (Å²) in [5.74, 6) is 1.07. The van der Waals surface area contributed by atoms with Crippen LogP contribution in [0.2, 0.25) is 0 Å². The van der Waals surface area contributed by atoms with Gasteiger partial charge in [0.15, 0.2) is 0 Å². The number of nitrogens with one attached hydrogen (secondary N) is 1. The Hall–Kier alpha value is -2.40. The highest BCUT2D eigenvalue weighted by Crippen LogP contribution is 2.38. The van der Waals surface area contributed by atoms with E-state index >= 15 is 0 Å². The molecule has 2 aromatic rings. The topological polar surface area (TPSA) is 50.2 Å². The smallest absolute Gasteiger partial charge is 0.254 e. The largest absolute Gasteiger partial charge is 0.357 e. The van der Waals surface area contributed by atoms with Crippen molar-refractivity contribution in [1.82, 2.24) is 14.9 Å². The lowest BCUT2D eigenvalue weighted by atomic mass is 9.78. The number of aryl methyl sites for hydroxylation is 1. The van der Waals surface area contributed by atoms with Crippen LogP contribution in [0.25, 0.3) is 17.2 Å². The van der Waals surface area contributed by atoms with Crippen LogP contribution in [0.15, 0.2) is 35.4 Å². The number of anilines is 1. The van der Waals surface area contributed by atoms with E-state index in [1.807, 2.05) is 19.4 Å². The minimum absolute atomic E-state index is 0.104. The zero-order valence-electron chi connectivity index (χ0n) is 15.9. The second-order valence-corrected chi connectivity index (χ2v) is 8.28. The summed E-state index contributed by atoms with van der Waals surface area (Å²) < 4.78 is 1.69. The van der Waals surface area contributed by atoms with Crippen molar-refractivity contribution in [2.45, 2.75) is 25.7 Å². The Morgan fingerprint density at radius 1 is 1.19 bits per heavy atom. The Morgan fingerprint density at radius 3 is 2.74 bits per heavy atom. The molecule has 2 fully saturated rings. The lowest BCUT2D eigenvalue weighted by Gasteiger charge is -2.39. The average molecular weight is 362 g/mol. The lowest BCUT2D eigenvalue weighted by molar-refractivity contribution is 0.247. The fourth-order valence-corrected chi connectivity index (χ4v) is 4.89. The number of rotatable bonds is 2. The van der Waals surface area contributed by atoms with Gasteiger partial charge in [0.2, 0.25) is 0 Å². The highest BCUT2D eigenvalue weighted by atomic mass is 16.1. The van der Waals surface area contributed by atoms with Gasteiger partial charge in [-0.2, -0.15) is 0 Å². The van der Waals surface area contributed by atoms with Gasteiger partial charge in [0, 0.05) is 55.8 Å². The van der Waals surface area contributed by atoms with Gasteiger partial charge in [0.05, 0.1) is 0 Å². The Bertz CT molecular complexity index is 942. The third kappa shape index (κ3) is 2.81. The van der Waals surface area contributed by atoms with Crippen LogP contribution in [-0.4, -0.2) is 35.7 Å². The van der Waals surface area contributed by atoms with Gasteiger partial charge in [-0.15, -0.1) is 0 Å². The first-order chi connectivity index (χ1) is 13.2. The fraction of sp³-hybridized carbons (Fsp3) is 0.455. The van der Waals surface area contributed by atoms with Crippen LogP contribution >= 0.6 is 0 Å². The molecule has 1 N–H and O–H groups in total. The third-order valence-electron chi connectivity index (χ3n) is 6.66. The van der Waals surface area contributed by atoms with Gasteiger partial charge < -0.3 is 14.8 Å². The summed E-state index contributed by atoms with van der Waals surface area (Å²) in [6.07, 6.45) is 12.6. The predicted octanol–water partition coefficient (Wildman–Crippen LogP) is 2.60. The van der Waals surface area contributed by atoms with E-state index in [1.54, 1.807) is 4.57 Å². The van der Waals surface area contributed by atoms with E-state index in [0.29, 0.717) is 5.41 Å². The van der Waals surface area contributed by atoms with E-state index < -0.39 is 0 Å². The van der Waals surface area contributed by atoms with Crippen LogP contribution in [0.1, 0.15) is 30.4 Å². The van der Waals surface area contributed by atoms with Crippen LogP contribution in [0, 0.1) is 5.41 Å². The summed E-state index contributed by atoms with van der Waals surface area (Å²) >= 11 is 0. The van der Waals surface area contributed by atoms with Crippen molar-refractivity contribution in [3.05, 3.63) is 52.1 Å². The molecule has 0 amide bonds. The molecule has 2 saturated heterocycles. The van der Waals surface area contributed by atoms with Gasteiger partial charge in [0.25, 0.3) is 5.56 Å². The van der Waals surface area contributed by atoms with Crippen molar-refractivity contribution in [2.75, 3.05) is 31.1 Å². The summed E-state index contributed by atoms with van der Waals surface area (Å²) in [6, 6.07) is 4.28. The number of piperidine rings is 1. The number of hydrogen-bond acceptors (Lipinski definition) is 4. The maximum Gasteiger partial charge on any atom is 0.254 e. The van der Waals surface area contributed by atoms with Crippen molar-refractivity contribution in [3.8, 4) is 11.1 Å². The second kappa shape index (κ2) is 6.34. The maximum atomic E-state index is 12.3. The van der Waals surface area contributed by atoms with Gasteiger partial charge in [-0.3, -0.25) is 4.79 Å². The zero-order chi connectivity index (χ0) is 18.4. The summed E-state index contributed by atoms with van der Waals surface area (Å²) in [7, 11) is 1.83. The molecule has 5 heteroatoms. The maximum absolute atomic E-state index is 12.3. The Labute approximate surface area is 159 Å². The molecule has 2 aromatic heterocycles. The second-order valence-electron chi connectivity index (χ2n) is 8.28. The molecule has 0 radical (unpaired) electrons. The molecule has 0 saturated carbocycles. The van der Waals surface area contributed by atoms with Gasteiger partial charge in [0.1, 0.15) is 5.82 Å². The Morgan fingerprint density at radius 2 is 2.04 bits per heavy atom. The van der Waals surface area contributed by atoms with E-state index in [2.05, 4.69) is 34.5 Å². The van der Waals surface area contributed by atoms with Crippen molar-refractivity contribution in [3.63, 3.8) is 0 Å². The molecule has 140 valence electrons. The quantitative estimate of drug-likeness (QED) is 0.892. The Kier molecular flexibility index (Phi) is 3.93. The first-order valence-corrected chi connectivity index (χ1v) is 9.96. The fourth-order valence-electron chi connectivity index (χ4n) is 4.89. The standard InChI is InChI=1S/C22H26N4O/c1-25-14-19(17-3-2-4-18(17)21(25)27)16-5-6-20(24-13-16)26-11-8-22(9-12-26)7-10-23-15-22/h2-3,5-6,13-14,23H,4,7-12,15H2,1H3. The van der Waals surface area contributed by atoms with Crippen LogP contribution in [0.3, 0.4) is 0 Å². The molecule has 27 heavy (non-hydrogen) atoms. The van der Waals surface area contributed by atoms with Crippen molar-refractivity contribution >= 4 is 11.9 Å². The Balaban J connectivity index is 1.39. The number of allylic oxidation sites excluding steroid dienone is 1. The number of fused-ring (bicyclic) bond motifs is 1. The van der Waals surface area contributed by atoms with E-state index in [1.165, 1.54) is 32.4 Å². The minimum atomic E-state index is 0.104. The summed E-state index contributed by atoms with van der Waals surface area (Å²) in [6.45, 7) is 4.53. The molecule has 1 aliphatic carbocycles. The third-order valence-corrected chi connectivity index (χ3v) is 6.66. The van der Waals surface area contributed by atoms with Crippen LogP contribution in [0.5, 0.6) is 0 Å². The number of aromatic nitrogens is 2. The van der Waals surface area contributed by atoms with Crippen LogP contribution < -0.4 is 15.8 Å². The summed E-state index contributed by atoms with van der Waals surface area (Å²) in [5.41, 5.74) is 4.75. The SMILES string of the molecule is Cn1cc(-c2ccc(N3CCC4(CCNC4)CC3)nc2)c2c(c1=O)CC=C2. The average Bonchev–Trinajstić information content (AvgIpc) is 3.36. The molecule has 3 aliphatic rings. The number of nitrogens with zero attached hydrogens (tertiary/aromatic N) is 3. The van der Waals surface area contributed by atoms with Crippen molar-refractivity contribution in [1.29, 1.82) is 0 Å². The lowest BCUT2D eigenvalue weighted by Crippen LogP contribution is -2.41. The molecule has 0 unspecified atom stereocenters.